The molecule has 5 aromatic rings. The smallest absolute Gasteiger partial charge is 0.245 e. The van der Waals surface area contributed by atoms with E-state index in [0.717, 1.165) is 21.5 Å². The van der Waals surface area contributed by atoms with Gasteiger partial charge in [-0.15, -0.1) is 0 Å². The lowest BCUT2D eigenvalue weighted by Crippen LogP contribution is -2.61. The first kappa shape index (κ1) is 58.7. The van der Waals surface area contributed by atoms with Crippen LogP contribution in [0.5, 0.6) is 5.75 Å². The standard InChI is InChI=1S/C57H71N11O10/c1-33(2)26-44(51(73)63-43(14-8-24-61-57(59)60)56(78)68-25-9-15-49(68)50(58)72)64-54(76)47(31-37-17-21-39-11-5-7-13-41(39)28-37)65-53(75)46(29-35-18-22-42(71)23-19-35)66-55(77)48(32-69)67-52(74)45(62-34(3)70)30-36-16-20-38-10-4-6-12-40(38)27-36/h4-7,10-13,16-23,27-28,33,43-49,69,71H,8-9,14-15,24-26,29-32H2,1-3H3,(H2,58,72)(H,62,70)(H,63,73)(H,64,76)(H,65,75)(H,66,77)(H,67,74)(H4,59,60,61)/t43-,44-,45+,46-,47+,48-,49-/m0/s1. The van der Waals surface area contributed by atoms with Gasteiger partial charge in [0.2, 0.25) is 47.3 Å². The number of nitrogens with two attached hydrogens (primary N) is 3. The van der Waals surface area contributed by atoms with E-state index < -0.39 is 96.2 Å². The maximum Gasteiger partial charge on any atom is 0.245 e. The van der Waals surface area contributed by atoms with Crippen molar-refractivity contribution in [3.05, 3.63) is 126 Å². The van der Waals surface area contributed by atoms with E-state index in [2.05, 4.69) is 36.9 Å². The van der Waals surface area contributed by atoms with Gasteiger partial charge >= 0.3 is 0 Å². The second-order valence-corrected chi connectivity index (χ2v) is 20.1. The highest BCUT2D eigenvalue weighted by molar-refractivity contribution is 5.98. The van der Waals surface area contributed by atoms with Crippen molar-refractivity contribution in [3.8, 4) is 5.75 Å². The highest BCUT2D eigenvalue weighted by atomic mass is 16.3. The molecule has 6 rings (SSSR count). The molecule has 1 fully saturated rings. The Balaban J connectivity index is 1.27. The molecule has 14 N–H and O–H groups in total. The quantitative estimate of drug-likeness (QED) is 0.0212. The van der Waals surface area contributed by atoms with Crippen molar-refractivity contribution in [2.24, 2.45) is 28.1 Å². The van der Waals surface area contributed by atoms with Crippen LogP contribution < -0.4 is 49.1 Å². The van der Waals surface area contributed by atoms with E-state index >= 15 is 0 Å². The number of nitrogens with one attached hydrogen (secondary N) is 6. The van der Waals surface area contributed by atoms with Gasteiger partial charge in [-0.25, -0.2) is 0 Å². The lowest BCUT2D eigenvalue weighted by atomic mass is 9.98. The summed E-state index contributed by atoms with van der Waals surface area (Å²) in [6.07, 6.45) is 1.05. The van der Waals surface area contributed by atoms with Gasteiger partial charge in [0.05, 0.1) is 6.61 Å². The predicted molar refractivity (Wildman–Crippen MR) is 295 cm³/mol. The van der Waals surface area contributed by atoms with E-state index in [1.165, 1.54) is 36.1 Å². The molecule has 0 saturated carbocycles. The van der Waals surface area contributed by atoms with Crippen LogP contribution >= 0.6 is 0 Å². The molecule has 0 aromatic heterocycles. The number of nitrogens with zero attached hydrogens (tertiary/aromatic N) is 2. The second kappa shape index (κ2) is 28.0. The van der Waals surface area contributed by atoms with E-state index in [1.54, 1.807) is 6.07 Å². The fourth-order valence-corrected chi connectivity index (χ4v) is 9.49. The Morgan fingerprint density at radius 3 is 1.54 bits per heavy atom. The molecule has 21 heteroatoms. The Morgan fingerprint density at radius 1 is 0.590 bits per heavy atom. The number of aromatic hydroxyl groups is 1. The number of fused-ring (bicyclic) bond motifs is 2. The summed E-state index contributed by atoms with van der Waals surface area (Å²) in [6, 6.07) is 23.1. The lowest BCUT2D eigenvalue weighted by Gasteiger charge is -2.30. The highest BCUT2D eigenvalue weighted by Gasteiger charge is 2.38. The van der Waals surface area contributed by atoms with E-state index in [4.69, 9.17) is 17.2 Å². The number of aliphatic hydroxyl groups excluding tert-OH is 1. The number of carbonyl (C=O) groups excluding carboxylic acids is 8. The fraction of sp³-hybridized carbons (Fsp3) is 0.386. The minimum absolute atomic E-state index is 0.0393. The van der Waals surface area contributed by atoms with Gasteiger partial charge in [0, 0.05) is 39.3 Å². The molecule has 1 aliphatic rings. The van der Waals surface area contributed by atoms with Gasteiger partial charge in [0.1, 0.15) is 48.0 Å². The van der Waals surface area contributed by atoms with Crippen LogP contribution in [0.2, 0.25) is 0 Å². The van der Waals surface area contributed by atoms with Gasteiger partial charge in [-0.05, 0) is 88.4 Å². The summed E-state index contributed by atoms with van der Waals surface area (Å²) in [5, 5.41) is 40.5. The molecule has 8 amide bonds. The normalized spacial score (nSPS) is 15.4. The molecular weight excluding hydrogens is 999 g/mol. The molecule has 5 aromatic carbocycles. The fourth-order valence-electron chi connectivity index (χ4n) is 9.49. The molecule has 7 atom stereocenters. The first-order valence-corrected chi connectivity index (χ1v) is 26.1. The number of carbonyl (C=O) groups is 8. The molecular formula is C57H71N11O10. The third kappa shape index (κ3) is 17.0. The highest BCUT2D eigenvalue weighted by Crippen LogP contribution is 2.22. The van der Waals surface area contributed by atoms with Gasteiger partial charge in [-0.2, -0.15) is 0 Å². The number of phenols is 1. The van der Waals surface area contributed by atoms with Crippen LogP contribution in [0.15, 0.2) is 114 Å². The van der Waals surface area contributed by atoms with Crippen molar-refractivity contribution < 1.29 is 48.6 Å². The number of aliphatic hydroxyl groups is 1. The molecule has 0 spiro atoms. The Hall–Kier alpha value is -8.59. The average Bonchev–Trinajstić information content (AvgIpc) is 3.95. The van der Waals surface area contributed by atoms with Gasteiger partial charge in [0.25, 0.3) is 0 Å². The topological polar surface area (TPSA) is 343 Å². The minimum Gasteiger partial charge on any atom is -0.508 e. The van der Waals surface area contributed by atoms with E-state index in [-0.39, 0.29) is 69.2 Å². The third-order valence-corrected chi connectivity index (χ3v) is 13.4. The van der Waals surface area contributed by atoms with E-state index in [9.17, 15) is 48.6 Å². The van der Waals surface area contributed by atoms with Gasteiger partial charge < -0.3 is 64.2 Å². The van der Waals surface area contributed by atoms with Gasteiger partial charge in [-0.1, -0.05) is 111 Å². The van der Waals surface area contributed by atoms with Crippen LogP contribution in [0.1, 0.15) is 69.6 Å². The Labute approximate surface area is 452 Å². The number of aliphatic imine (C=N–C) groups is 1. The summed E-state index contributed by atoms with van der Waals surface area (Å²) >= 11 is 0. The summed E-state index contributed by atoms with van der Waals surface area (Å²) in [7, 11) is 0. The van der Waals surface area contributed by atoms with Crippen molar-refractivity contribution in [2.75, 3.05) is 19.7 Å². The Kier molecular flexibility index (Phi) is 21.0. The largest absolute Gasteiger partial charge is 0.508 e. The molecule has 0 unspecified atom stereocenters. The number of benzene rings is 5. The monoisotopic (exact) mass is 1070 g/mol. The Bertz CT molecular complexity index is 2980. The first-order valence-electron chi connectivity index (χ1n) is 26.1. The summed E-state index contributed by atoms with van der Waals surface area (Å²) < 4.78 is 0. The summed E-state index contributed by atoms with van der Waals surface area (Å²) in [6.45, 7) is 4.39. The van der Waals surface area contributed by atoms with Crippen molar-refractivity contribution in [1.29, 1.82) is 0 Å². The number of likely N-dealkylation sites (tertiary alicyclic amines) is 1. The SMILES string of the molecule is CC(=O)N[C@H](Cc1ccc2ccccc2c1)C(=O)N[C@@H](CO)C(=O)N[C@@H](Cc1ccc(O)cc1)C(=O)N[C@H](Cc1ccc2ccccc2c1)C(=O)N[C@@H](CC(C)C)C(=O)N[C@@H](CCCN=C(N)N)C(=O)N1CCC[C@H]1C(N)=O. The van der Waals surface area contributed by atoms with Crippen molar-refractivity contribution in [1.82, 2.24) is 36.8 Å². The average molecular weight is 1070 g/mol. The zero-order chi connectivity index (χ0) is 56.5. The number of hydrogen-bond acceptors (Lipinski definition) is 11. The van der Waals surface area contributed by atoms with Crippen LogP contribution in [0.4, 0.5) is 0 Å². The number of phenolic OH excluding ortho intramolecular Hbond substituents is 1. The number of primary amides is 1. The maximum absolute atomic E-state index is 14.8. The van der Waals surface area contributed by atoms with Crippen molar-refractivity contribution in [2.45, 2.75) is 114 Å². The summed E-state index contributed by atoms with van der Waals surface area (Å²) in [5.74, 6) is -6.26. The molecule has 0 bridgehead atoms. The zero-order valence-electron chi connectivity index (χ0n) is 44.1. The molecule has 1 aliphatic heterocycles. The molecule has 1 heterocycles. The van der Waals surface area contributed by atoms with Crippen molar-refractivity contribution in [3.63, 3.8) is 0 Å². The summed E-state index contributed by atoms with van der Waals surface area (Å²) in [5.41, 5.74) is 18.5. The van der Waals surface area contributed by atoms with E-state index in [1.807, 2.05) is 92.7 Å². The molecule has 0 radical (unpaired) electrons. The maximum atomic E-state index is 14.8. The molecule has 0 aliphatic carbocycles. The number of guanidine groups is 1. The van der Waals surface area contributed by atoms with E-state index in [0.29, 0.717) is 29.5 Å². The number of amides is 8. The van der Waals surface area contributed by atoms with Crippen LogP contribution in [0.3, 0.4) is 0 Å². The van der Waals surface area contributed by atoms with Crippen LogP contribution in [-0.4, -0.2) is 130 Å². The van der Waals surface area contributed by atoms with Crippen LogP contribution in [0.25, 0.3) is 21.5 Å². The van der Waals surface area contributed by atoms with Crippen LogP contribution in [-0.2, 0) is 57.6 Å². The molecule has 78 heavy (non-hydrogen) atoms. The molecule has 1 saturated heterocycles. The minimum atomic E-state index is -1.62. The predicted octanol–water partition coefficient (Wildman–Crippen LogP) is 1.22. The Morgan fingerprint density at radius 2 is 1.04 bits per heavy atom. The summed E-state index contributed by atoms with van der Waals surface area (Å²) in [4.78, 5) is 116. The number of hydrogen-bond donors (Lipinski definition) is 11. The second-order valence-electron chi connectivity index (χ2n) is 20.1. The lowest BCUT2D eigenvalue weighted by molar-refractivity contribution is -0.141. The van der Waals surface area contributed by atoms with Crippen molar-refractivity contribution >= 4 is 74.8 Å². The third-order valence-electron chi connectivity index (χ3n) is 13.4. The molecule has 414 valence electrons. The van der Waals surface area contributed by atoms with Gasteiger partial charge in [-0.3, -0.25) is 43.3 Å². The van der Waals surface area contributed by atoms with Crippen LogP contribution in [0, 0.1) is 5.92 Å². The zero-order valence-corrected chi connectivity index (χ0v) is 44.1. The number of rotatable bonds is 26. The van der Waals surface area contributed by atoms with Gasteiger partial charge in [0.15, 0.2) is 5.96 Å². The molecule has 21 nitrogen and oxygen atoms in total. The first-order chi connectivity index (χ1) is 37.3.